The summed E-state index contributed by atoms with van der Waals surface area (Å²) in [7, 11) is 0. The summed E-state index contributed by atoms with van der Waals surface area (Å²) in [5, 5.41) is 26.1. The average molecular weight is 635 g/mol. The lowest BCUT2D eigenvalue weighted by Crippen LogP contribution is -2.47. The van der Waals surface area contributed by atoms with Crippen molar-refractivity contribution in [2.75, 3.05) is 49.5 Å². The Kier molecular flexibility index (Phi) is 9.19. The highest BCUT2D eigenvalue weighted by Gasteiger charge is 2.31. The number of alkyl halides is 2. The molecule has 1 fully saturated rings. The Hall–Kier alpha value is -4.20. The van der Waals surface area contributed by atoms with Gasteiger partial charge in [-0.25, -0.2) is 18.7 Å². The average Bonchev–Trinajstić information content (AvgIpc) is 3.81. The molecular formula is C32H36F2N8O2S. The number of β-amino-alcohol motifs (C(OH)–C–C–N with tert-alkyl or cyclic N) is 1. The van der Waals surface area contributed by atoms with Gasteiger partial charge in [0.2, 0.25) is 0 Å². The summed E-state index contributed by atoms with van der Waals surface area (Å²) in [5.74, 6) is -0.414. The van der Waals surface area contributed by atoms with Crippen LogP contribution in [0.25, 0.3) is 5.57 Å². The molecule has 3 aliphatic rings. The first-order valence-corrected chi connectivity index (χ1v) is 15.9. The van der Waals surface area contributed by atoms with Crippen LogP contribution in [0, 0.1) is 5.41 Å². The number of aromatic nitrogens is 3. The van der Waals surface area contributed by atoms with Gasteiger partial charge in [0.05, 0.1) is 24.3 Å². The summed E-state index contributed by atoms with van der Waals surface area (Å²) in [6, 6.07) is 6.82. The lowest BCUT2D eigenvalue weighted by Gasteiger charge is -2.35. The van der Waals surface area contributed by atoms with Gasteiger partial charge >= 0.3 is 0 Å². The summed E-state index contributed by atoms with van der Waals surface area (Å²) in [6.07, 6.45) is 4.95. The molecule has 1 saturated heterocycles. The summed E-state index contributed by atoms with van der Waals surface area (Å²) in [4.78, 5) is 26.6. The van der Waals surface area contributed by atoms with Crippen LogP contribution in [0.5, 0.6) is 0 Å². The number of hydrogen-bond donors (Lipinski definition) is 4. The molecular weight excluding hydrogens is 598 g/mol. The van der Waals surface area contributed by atoms with Gasteiger partial charge in [-0.15, -0.1) is 11.3 Å². The van der Waals surface area contributed by atoms with Crippen molar-refractivity contribution in [3.05, 3.63) is 88.1 Å². The molecule has 0 radical (unpaired) electrons. The van der Waals surface area contributed by atoms with Crippen LogP contribution >= 0.6 is 11.3 Å². The van der Waals surface area contributed by atoms with Crippen LogP contribution in [0.15, 0.2) is 71.2 Å². The Morgan fingerprint density at radius 2 is 1.93 bits per heavy atom. The van der Waals surface area contributed by atoms with Crippen LogP contribution in [0.2, 0.25) is 0 Å². The maximum Gasteiger partial charge on any atom is 0.264 e. The highest BCUT2D eigenvalue weighted by Crippen LogP contribution is 2.36. The van der Waals surface area contributed by atoms with Crippen LogP contribution in [0.1, 0.15) is 36.3 Å². The molecule has 45 heavy (non-hydrogen) atoms. The van der Waals surface area contributed by atoms with E-state index in [4.69, 9.17) is 5.41 Å². The number of benzene rings is 1. The zero-order valence-electron chi connectivity index (χ0n) is 25.0. The number of rotatable bonds is 10. The molecule has 4 heterocycles. The molecule has 0 saturated carbocycles. The summed E-state index contributed by atoms with van der Waals surface area (Å²) in [5.41, 5.74) is 4.10. The molecule has 0 bridgehead atoms. The smallest absolute Gasteiger partial charge is 0.264 e. The number of carbonyl (C=O) groups is 1. The predicted molar refractivity (Wildman–Crippen MR) is 172 cm³/mol. The van der Waals surface area contributed by atoms with E-state index in [2.05, 4.69) is 30.4 Å². The van der Waals surface area contributed by atoms with E-state index >= 15 is 0 Å². The number of aryl methyl sites for hydroxylation is 1. The van der Waals surface area contributed by atoms with Crippen molar-refractivity contribution in [2.45, 2.75) is 38.8 Å². The number of fused-ring (bicyclic) bond motifs is 1. The second-order valence-electron chi connectivity index (χ2n) is 11.3. The van der Waals surface area contributed by atoms with Gasteiger partial charge in [0, 0.05) is 79.6 Å². The van der Waals surface area contributed by atoms with Crippen molar-refractivity contribution in [3.63, 3.8) is 0 Å². The van der Waals surface area contributed by atoms with Crippen LogP contribution < -0.4 is 15.5 Å². The fourth-order valence-corrected chi connectivity index (χ4v) is 6.67. The van der Waals surface area contributed by atoms with Crippen molar-refractivity contribution in [1.82, 2.24) is 24.8 Å². The minimum atomic E-state index is -2.84. The topological polar surface area (TPSA) is 122 Å². The molecule has 13 heteroatoms. The monoisotopic (exact) mass is 634 g/mol. The number of thiazole rings is 1. The predicted octanol–water partition coefficient (Wildman–Crippen LogP) is 4.25. The first-order chi connectivity index (χ1) is 21.8. The van der Waals surface area contributed by atoms with E-state index in [9.17, 15) is 18.7 Å². The number of aliphatic hydroxyl groups is 1. The maximum atomic E-state index is 14.6. The summed E-state index contributed by atoms with van der Waals surface area (Å²) in [6.45, 7) is 6.79. The number of aliphatic hydroxyl groups excluding tert-OH is 1. The van der Waals surface area contributed by atoms with Gasteiger partial charge in [-0.2, -0.15) is 0 Å². The van der Waals surface area contributed by atoms with Crippen LogP contribution in [-0.2, 0) is 17.8 Å². The Labute approximate surface area is 264 Å². The van der Waals surface area contributed by atoms with E-state index in [0.717, 1.165) is 62.5 Å². The Morgan fingerprint density at radius 1 is 1.16 bits per heavy atom. The van der Waals surface area contributed by atoms with E-state index in [-0.39, 0.29) is 23.5 Å². The number of nitrogens with zero attached hydrogens (tertiary/aromatic N) is 5. The molecule has 6 rings (SSSR count). The van der Waals surface area contributed by atoms with Gasteiger partial charge < -0.3 is 19.9 Å². The SMILES string of the molecule is CC1=C(c2ccc(N3CCN(CCO)CC3)cc2)C=C(C(F)F)/C(=C/NC(C(=O)Nc2nccs2)c2ncn3c2CCC3)C1=N. The molecule has 2 aromatic heterocycles. The van der Waals surface area contributed by atoms with E-state index in [1.807, 2.05) is 28.8 Å². The van der Waals surface area contributed by atoms with Crippen molar-refractivity contribution >= 4 is 39.3 Å². The number of hydrogen-bond acceptors (Lipinski definition) is 9. The third kappa shape index (κ3) is 6.46. The number of piperazine rings is 1. The van der Waals surface area contributed by atoms with Gasteiger partial charge in [-0.05, 0) is 54.7 Å². The molecule has 1 aliphatic carbocycles. The van der Waals surface area contributed by atoms with Gasteiger partial charge in [-0.1, -0.05) is 12.1 Å². The lowest BCUT2D eigenvalue weighted by molar-refractivity contribution is -0.118. The van der Waals surface area contributed by atoms with Gasteiger partial charge in [0.25, 0.3) is 12.3 Å². The van der Waals surface area contributed by atoms with E-state index in [1.54, 1.807) is 24.8 Å². The Balaban J connectivity index is 1.25. The fraction of sp³-hybridized carbons (Fsp3) is 0.375. The highest BCUT2D eigenvalue weighted by molar-refractivity contribution is 7.13. The number of nitrogens with one attached hydrogen (secondary N) is 3. The molecule has 1 atom stereocenters. The molecule has 1 unspecified atom stereocenters. The highest BCUT2D eigenvalue weighted by atomic mass is 32.1. The third-order valence-corrected chi connectivity index (χ3v) is 9.30. The molecule has 3 aromatic rings. The van der Waals surface area contributed by atoms with Crippen molar-refractivity contribution in [3.8, 4) is 0 Å². The minimum Gasteiger partial charge on any atom is -0.395 e. The van der Waals surface area contributed by atoms with Crippen LogP contribution in [0.3, 0.4) is 0 Å². The standard InChI is InChI=1S/C32H36F2N8O2S/c1-20-23(21-4-6-22(7-5-21)41-12-10-40(11-13-41)14-15-43)17-24(30(33)34)25(27(20)35)18-37-29(31(44)39-32-36-8-16-45-32)28-26-3-2-9-42(26)19-38-28/h4-8,16-19,29-30,35,37,43H,2-3,9-15H2,1H3,(H,36,39,44)/b25-18-,35-27?. The van der Waals surface area contributed by atoms with Gasteiger partial charge in [-0.3, -0.25) is 20.4 Å². The van der Waals surface area contributed by atoms with E-state index in [0.29, 0.717) is 28.5 Å². The van der Waals surface area contributed by atoms with E-state index in [1.165, 1.54) is 23.6 Å². The second-order valence-corrected chi connectivity index (χ2v) is 12.2. The van der Waals surface area contributed by atoms with E-state index < -0.39 is 18.4 Å². The zero-order valence-corrected chi connectivity index (χ0v) is 25.8. The lowest BCUT2D eigenvalue weighted by atomic mass is 9.84. The molecule has 2 aliphatic heterocycles. The number of anilines is 2. The van der Waals surface area contributed by atoms with Gasteiger partial charge in [0.15, 0.2) is 11.2 Å². The molecule has 4 N–H and O–H groups in total. The largest absolute Gasteiger partial charge is 0.395 e. The van der Waals surface area contributed by atoms with Gasteiger partial charge in [0.1, 0.15) is 0 Å². The summed E-state index contributed by atoms with van der Waals surface area (Å²) >= 11 is 1.28. The Morgan fingerprint density at radius 3 is 2.62 bits per heavy atom. The van der Waals surface area contributed by atoms with Crippen LogP contribution in [0.4, 0.5) is 19.6 Å². The normalized spacial score (nSPS) is 18.9. The number of halogens is 2. The van der Waals surface area contributed by atoms with Crippen molar-refractivity contribution in [1.29, 1.82) is 5.41 Å². The van der Waals surface area contributed by atoms with Crippen LogP contribution in [-0.4, -0.2) is 81.9 Å². The second kappa shape index (κ2) is 13.4. The number of carbonyl (C=O) groups excluding carboxylic acids is 1. The third-order valence-electron chi connectivity index (χ3n) is 8.61. The quantitative estimate of drug-likeness (QED) is 0.263. The fourth-order valence-electron chi connectivity index (χ4n) is 6.14. The number of imidazole rings is 1. The summed E-state index contributed by atoms with van der Waals surface area (Å²) < 4.78 is 31.1. The maximum absolute atomic E-state index is 14.6. The molecule has 1 amide bonds. The van der Waals surface area contributed by atoms with Crippen molar-refractivity contribution < 1.29 is 18.7 Å². The Bertz CT molecular complexity index is 1640. The number of amides is 1. The molecule has 10 nitrogen and oxygen atoms in total. The number of allylic oxidation sites excluding steroid dienone is 5. The minimum absolute atomic E-state index is 0.0338. The molecule has 236 valence electrons. The van der Waals surface area contributed by atoms with Crippen molar-refractivity contribution in [2.24, 2.45) is 0 Å². The first kappa shape index (κ1) is 30.8. The molecule has 1 aromatic carbocycles. The zero-order chi connectivity index (χ0) is 31.5. The first-order valence-electron chi connectivity index (χ1n) is 15.0. The molecule has 0 spiro atoms.